The number of hydrogen-bond donors (Lipinski definition) is 2. The van der Waals surface area contributed by atoms with Gasteiger partial charge in [0.15, 0.2) is 5.58 Å². The van der Waals surface area contributed by atoms with Crippen molar-refractivity contribution in [2.75, 3.05) is 0 Å². The number of aryl methyl sites for hydroxylation is 1. The summed E-state index contributed by atoms with van der Waals surface area (Å²) in [7, 11) is 1.61. The molecular formula is C15H19NO5. The van der Waals surface area contributed by atoms with Crippen molar-refractivity contribution in [3.8, 4) is 0 Å². The van der Waals surface area contributed by atoms with Gasteiger partial charge in [0.25, 0.3) is 0 Å². The minimum absolute atomic E-state index is 0.0211. The molecule has 0 saturated carbocycles. The molecule has 0 spiro atoms. The second kappa shape index (κ2) is 5.37. The van der Waals surface area contributed by atoms with E-state index in [2.05, 4.69) is 0 Å². The highest BCUT2D eigenvalue weighted by Crippen LogP contribution is 2.33. The Balaban J connectivity index is 2.25. The number of fused-ring (bicyclic) bond motifs is 1. The zero-order chi connectivity index (χ0) is 15.8. The molecule has 0 aliphatic rings. The van der Waals surface area contributed by atoms with E-state index in [1.807, 2.05) is 0 Å². The zero-order valence-electron chi connectivity index (χ0n) is 12.3. The van der Waals surface area contributed by atoms with Gasteiger partial charge in [0.1, 0.15) is 0 Å². The lowest BCUT2D eigenvalue weighted by atomic mass is 9.82. The molecule has 1 aromatic carbocycles. The Bertz CT molecular complexity index is 725. The number of carbonyl (C=O) groups is 1. The Morgan fingerprint density at radius 3 is 2.71 bits per heavy atom. The Labute approximate surface area is 121 Å². The molecule has 0 bridgehead atoms. The lowest BCUT2D eigenvalue weighted by molar-refractivity contribution is -0.139. The molecule has 0 amide bonds. The van der Waals surface area contributed by atoms with E-state index in [0.29, 0.717) is 23.1 Å². The molecule has 0 radical (unpaired) electrons. The first kappa shape index (κ1) is 15.3. The van der Waals surface area contributed by atoms with Crippen LogP contribution in [-0.2, 0) is 11.8 Å². The third kappa shape index (κ3) is 3.33. The molecule has 0 aliphatic heterocycles. The average molecular weight is 293 g/mol. The first-order valence-corrected chi connectivity index (χ1v) is 6.69. The monoisotopic (exact) mass is 293 g/mol. The molecule has 1 unspecified atom stereocenters. The quantitative estimate of drug-likeness (QED) is 0.880. The summed E-state index contributed by atoms with van der Waals surface area (Å²) >= 11 is 0. The van der Waals surface area contributed by atoms with Crippen LogP contribution in [0.4, 0.5) is 0 Å². The first-order chi connectivity index (χ1) is 9.69. The topological polar surface area (TPSA) is 92.7 Å². The number of aliphatic hydroxyl groups is 1. The molecule has 0 fully saturated rings. The number of oxazole rings is 1. The van der Waals surface area contributed by atoms with Crippen LogP contribution in [0, 0.1) is 5.41 Å². The summed E-state index contributed by atoms with van der Waals surface area (Å²) in [5.74, 6) is -1.35. The summed E-state index contributed by atoms with van der Waals surface area (Å²) in [5, 5.41) is 19.2. The molecule has 0 saturated heterocycles. The lowest BCUT2D eigenvalue weighted by Gasteiger charge is -2.25. The maximum absolute atomic E-state index is 11.4. The largest absolute Gasteiger partial charge is 0.481 e. The van der Waals surface area contributed by atoms with Crippen LogP contribution in [0.5, 0.6) is 0 Å². The van der Waals surface area contributed by atoms with Gasteiger partial charge in [-0.05, 0) is 29.5 Å². The van der Waals surface area contributed by atoms with Gasteiger partial charge in [-0.2, -0.15) is 0 Å². The minimum atomic E-state index is -0.892. The fourth-order valence-corrected chi connectivity index (χ4v) is 2.48. The Hall–Kier alpha value is -2.08. The normalized spacial score (nSPS) is 13.5. The fraction of sp³-hybridized carbons (Fsp3) is 0.467. The maximum atomic E-state index is 11.4. The van der Waals surface area contributed by atoms with Crippen molar-refractivity contribution in [2.24, 2.45) is 12.5 Å². The van der Waals surface area contributed by atoms with Crippen LogP contribution in [0.25, 0.3) is 11.1 Å². The molecule has 2 N–H and O–H groups in total. The van der Waals surface area contributed by atoms with E-state index in [0.717, 1.165) is 0 Å². The molecule has 1 aromatic heterocycles. The summed E-state index contributed by atoms with van der Waals surface area (Å²) in [4.78, 5) is 22.3. The van der Waals surface area contributed by atoms with Crippen molar-refractivity contribution < 1.29 is 19.4 Å². The molecule has 114 valence electrons. The number of carboxylic acids is 1. The third-order valence-corrected chi connectivity index (χ3v) is 3.58. The van der Waals surface area contributed by atoms with Crippen molar-refractivity contribution in [1.29, 1.82) is 0 Å². The van der Waals surface area contributed by atoms with Crippen LogP contribution >= 0.6 is 0 Å². The van der Waals surface area contributed by atoms with Gasteiger partial charge in [-0.15, -0.1) is 0 Å². The van der Waals surface area contributed by atoms with Gasteiger partial charge in [-0.3, -0.25) is 9.36 Å². The number of carboxylic acid groups (broad SMARTS) is 1. The molecule has 6 heteroatoms. The van der Waals surface area contributed by atoms with Crippen LogP contribution in [0.15, 0.2) is 27.4 Å². The molecule has 21 heavy (non-hydrogen) atoms. The standard InChI is InChI=1S/C15H19NO5/c1-15(2,8-13(18)19)7-11(17)9-4-5-10-12(6-9)21-14(20)16(10)3/h4-6,11,17H,7-8H2,1-3H3,(H,18,19). The number of rotatable bonds is 5. The molecule has 2 rings (SSSR count). The second-order valence-electron chi connectivity index (χ2n) is 6.11. The highest BCUT2D eigenvalue weighted by atomic mass is 16.4. The number of aromatic nitrogens is 1. The first-order valence-electron chi connectivity index (χ1n) is 6.69. The summed E-state index contributed by atoms with van der Waals surface area (Å²) < 4.78 is 6.48. The van der Waals surface area contributed by atoms with Crippen LogP contribution in [0.1, 0.15) is 38.4 Å². The maximum Gasteiger partial charge on any atom is 0.419 e. The molecule has 1 heterocycles. The van der Waals surface area contributed by atoms with Gasteiger partial charge in [-0.1, -0.05) is 19.9 Å². The van der Waals surface area contributed by atoms with Crippen molar-refractivity contribution in [3.63, 3.8) is 0 Å². The van der Waals surface area contributed by atoms with Gasteiger partial charge >= 0.3 is 11.7 Å². The molecule has 6 nitrogen and oxygen atoms in total. The van der Waals surface area contributed by atoms with Crippen LogP contribution in [0.2, 0.25) is 0 Å². The smallest absolute Gasteiger partial charge is 0.419 e. The SMILES string of the molecule is Cn1c(=O)oc2cc(C(O)CC(C)(C)CC(=O)O)ccc21. The van der Waals surface area contributed by atoms with E-state index in [9.17, 15) is 14.7 Å². The van der Waals surface area contributed by atoms with Crippen molar-refractivity contribution >= 4 is 17.1 Å². The molecule has 2 aromatic rings. The highest BCUT2D eigenvalue weighted by Gasteiger charge is 2.26. The van der Waals surface area contributed by atoms with E-state index < -0.39 is 23.2 Å². The van der Waals surface area contributed by atoms with Crippen LogP contribution in [-0.4, -0.2) is 20.7 Å². The van der Waals surface area contributed by atoms with E-state index in [4.69, 9.17) is 9.52 Å². The number of hydrogen-bond acceptors (Lipinski definition) is 4. The summed E-state index contributed by atoms with van der Waals surface area (Å²) in [5.41, 5.74) is 1.14. The highest BCUT2D eigenvalue weighted by molar-refractivity contribution is 5.73. The van der Waals surface area contributed by atoms with Crippen molar-refractivity contribution in [2.45, 2.75) is 32.8 Å². The number of benzene rings is 1. The van der Waals surface area contributed by atoms with Crippen LogP contribution in [0.3, 0.4) is 0 Å². The summed E-state index contributed by atoms with van der Waals surface area (Å²) in [6.45, 7) is 3.59. The van der Waals surface area contributed by atoms with Crippen LogP contribution < -0.4 is 5.76 Å². The molecule has 1 atom stereocenters. The van der Waals surface area contributed by atoms with E-state index >= 15 is 0 Å². The van der Waals surface area contributed by atoms with Crippen molar-refractivity contribution in [3.05, 3.63) is 34.3 Å². The van der Waals surface area contributed by atoms with E-state index in [1.165, 1.54) is 4.57 Å². The van der Waals surface area contributed by atoms with Gasteiger partial charge in [0.2, 0.25) is 0 Å². The lowest BCUT2D eigenvalue weighted by Crippen LogP contribution is -2.20. The third-order valence-electron chi connectivity index (χ3n) is 3.58. The Morgan fingerprint density at radius 1 is 1.43 bits per heavy atom. The molecule has 0 aliphatic carbocycles. The number of aliphatic hydroxyl groups excluding tert-OH is 1. The van der Waals surface area contributed by atoms with Gasteiger partial charge in [-0.25, -0.2) is 4.79 Å². The summed E-state index contributed by atoms with van der Waals surface area (Å²) in [6, 6.07) is 5.06. The predicted molar refractivity (Wildman–Crippen MR) is 77.1 cm³/mol. The predicted octanol–water partition coefficient (Wildman–Crippen LogP) is 2.06. The van der Waals surface area contributed by atoms with Crippen molar-refractivity contribution in [1.82, 2.24) is 4.57 Å². The second-order valence-corrected chi connectivity index (χ2v) is 6.11. The average Bonchev–Trinajstić information content (AvgIpc) is 2.62. The van der Waals surface area contributed by atoms with E-state index in [1.54, 1.807) is 39.1 Å². The minimum Gasteiger partial charge on any atom is -0.481 e. The van der Waals surface area contributed by atoms with Gasteiger partial charge in [0.05, 0.1) is 18.0 Å². The number of nitrogens with zero attached hydrogens (tertiary/aromatic N) is 1. The fourth-order valence-electron chi connectivity index (χ4n) is 2.48. The van der Waals surface area contributed by atoms with E-state index in [-0.39, 0.29) is 6.42 Å². The Morgan fingerprint density at radius 2 is 2.10 bits per heavy atom. The summed E-state index contributed by atoms with van der Waals surface area (Å²) in [6.07, 6.45) is -0.525. The number of aliphatic carboxylic acids is 1. The zero-order valence-corrected chi connectivity index (χ0v) is 12.3. The van der Waals surface area contributed by atoms with Gasteiger partial charge in [0, 0.05) is 7.05 Å². The Kier molecular flexibility index (Phi) is 3.91. The van der Waals surface area contributed by atoms with Gasteiger partial charge < -0.3 is 14.6 Å². The molecular weight excluding hydrogens is 274 g/mol.